The van der Waals surface area contributed by atoms with Gasteiger partial charge >= 0.3 is 0 Å². The Morgan fingerprint density at radius 2 is 2.15 bits per heavy atom. The standard InChI is InChI=1S/C16H17ClN6O3S/c1-26-13-3-2-11(17)8-14(13)27(24,25)21-12-6-7-22(9-12)16-5-4-15-19-18-10-23(15)20-16/h2-5,8,10,12,21H,6-7,9H2,1H3/t12-/m1/s1. The SMILES string of the molecule is COc1ccc(Cl)cc1S(=O)(=O)N[C@@H]1CCN(c2ccc3nncn3n2)C1. The average Bonchev–Trinajstić information content (AvgIpc) is 3.29. The minimum atomic E-state index is -3.77. The number of hydrogen-bond donors (Lipinski definition) is 1. The third kappa shape index (κ3) is 3.55. The van der Waals surface area contributed by atoms with Gasteiger partial charge in [-0.25, -0.2) is 13.1 Å². The molecule has 0 amide bonds. The van der Waals surface area contributed by atoms with Crippen LogP contribution in [0, 0.1) is 0 Å². The summed E-state index contributed by atoms with van der Waals surface area (Å²) in [6, 6.07) is 7.93. The van der Waals surface area contributed by atoms with Crippen LogP contribution >= 0.6 is 11.6 Å². The van der Waals surface area contributed by atoms with E-state index in [1.54, 1.807) is 10.6 Å². The maximum atomic E-state index is 12.8. The lowest BCUT2D eigenvalue weighted by Gasteiger charge is -2.18. The molecule has 142 valence electrons. The Hall–Kier alpha value is -2.43. The van der Waals surface area contributed by atoms with E-state index in [0.717, 1.165) is 5.82 Å². The number of sulfonamides is 1. The predicted octanol–water partition coefficient (Wildman–Crippen LogP) is 1.34. The molecule has 0 aliphatic carbocycles. The van der Waals surface area contributed by atoms with Crippen LogP contribution in [-0.2, 0) is 10.0 Å². The van der Waals surface area contributed by atoms with Gasteiger partial charge in [0.25, 0.3) is 0 Å². The number of nitrogens with one attached hydrogen (secondary N) is 1. The van der Waals surface area contributed by atoms with Crippen LogP contribution in [0.3, 0.4) is 0 Å². The lowest BCUT2D eigenvalue weighted by molar-refractivity contribution is 0.402. The number of ether oxygens (including phenoxy) is 1. The smallest absolute Gasteiger partial charge is 0.244 e. The number of nitrogens with zero attached hydrogens (tertiary/aromatic N) is 5. The van der Waals surface area contributed by atoms with Crippen LogP contribution in [0.4, 0.5) is 5.82 Å². The van der Waals surface area contributed by atoms with Crippen molar-refractivity contribution in [2.24, 2.45) is 0 Å². The number of aromatic nitrogens is 4. The number of rotatable bonds is 5. The molecular weight excluding hydrogens is 392 g/mol. The first-order valence-electron chi connectivity index (χ1n) is 8.24. The molecule has 9 nitrogen and oxygen atoms in total. The van der Waals surface area contributed by atoms with Crippen molar-refractivity contribution in [2.45, 2.75) is 17.4 Å². The fourth-order valence-corrected chi connectivity index (χ4v) is 4.79. The van der Waals surface area contributed by atoms with E-state index in [1.807, 2.05) is 17.0 Å². The van der Waals surface area contributed by atoms with Crippen molar-refractivity contribution in [1.82, 2.24) is 24.5 Å². The van der Waals surface area contributed by atoms with Crippen LogP contribution in [0.5, 0.6) is 5.75 Å². The lowest BCUT2D eigenvalue weighted by atomic mass is 10.3. The zero-order chi connectivity index (χ0) is 19.0. The van der Waals surface area contributed by atoms with Gasteiger partial charge in [-0.1, -0.05) is 11.6 Å². The third-order valence-corrected chi connectivity index (χ3v) is 6.17. The topological polar surface area (TPSA) is 102 Å². The van der Waals surface area contributed by atoms with Gasteiger partial charge in [0.05, 0.1) is 7.11 Å². The Morgan fingerprint density at radius 3 is 2.96 bits per heavy atom. The largest absolute Gasteiger partial charge is 0.495 e. The molecule has 11 heteroatoms. The van der Waals surface area contributed by atoms with Gasteiger partial charge in [0.15, 0.2) is 5.65 Å². The van der Waals surface area contributed by atoms with E-state index >= 15 is 0 Å². The van der Waals surface area contributed by atoms with E-state index in [2.05, 4.69) is 20.0 Å². The van der Waals surface area contributed by atoms with Gasteiger partial charge in [0.2, 0.25) is 10.0 Å². The first-order chi connectivity index (χ1) is 13.0. The summed E-state index contributed by atoms with van der Waals surface area (Å²) in [6.07, 6.45) is 2.19. The lowest BCUT2D eigenvalue weighted by Crippen LogP contribution is -2.37. The van der Waals surface area contributed by atoms with Crippen LogP contribution in [-0.4, -0.2) is 54.5 Å². The van der Waals surface area contributed by atoms with Gasteiger partial charge in [0, 0.05) is 24.2 Å². The van der Waals surface area contributed by atoms with Gasteiger partial charge in [-0.2, -0.15) is 4.52 Å². The molecule has 0 saturated carbocycles. The first kappa shape index (κ1) is 18.0. The molecule has 1 N–H and O–H groups in total. The van der Waals surface area contributed by atoms with Gasteiger partial charge in [-0.3, -0.25) is 0 Å². The van der Waals surface area contributed by atoms with E-state index < -0.39 is 10.0 Å². The number of fused-ring (bicyclic) bond motifs is 1. The molecule has 4 rings (SSSR count). The van der Waals surface area contributed by atoms with E-state index in [0.29, 0.717) is 30.2 Å². The van der Waals surface area contributed by atoms with Crippen molar-refractivity contribution >= 4 is 33.1 Å². The molecule has 1 aliphatic heterocycles. The van der Waals surface area contributed by atoms with Gasteiger partial charge in [0.1, 0.15) is 22.8 Å². The maximum Gasteiger partial charge on any atom is 0.244 e. The van der Waals surface area contributed by atoms with Crippen LogP contribution in [0.25, 0.3) is 5.65 Å². The molecule has 3 heterocycles. The summed E-state index contributed by atoms with van der Waals surface area (Å²) in [5.41, 5.74) is 0.656. The Kier molecular flexibility index (Phi) is 4.62. The predicted molar refractivity (Wildman–Crippen MR) is 99.7 cm³/mol. The number of hydrogen-bond acceptors (Lipinski definition) is 7. The number of benzene rings is 1. The van der Waals surface area contributed by atoms with Crippen molar-refractivity contribution in [3.8, 4) is 5.75 Å². The highest BCUT2D eigenvalue weighted by Gasteiger charge is 2.30. The molecule has 1 fully saturated rings. The molecule has 0 radical (unpaired) electrons. The Bertz CT molecular complexity index is 1090. The van der Waals surface area contributed by atoms with Crippen molar-refractivity contribution in [3.63, 3.8) is 0 Å². The molecule has 1 atom stereocenters. The molecular formula is C16H17ClN6O3S. The zero-order valence-corrected chi connectivity index (χ0v) is 16.0. The van der Waals surface area contributed by atoms with Crippen molar-refractivity contribution < 1.29 is 13.2 Å². The number of methoxy groups -OCH3 is 1. The number of halogens is 1. The molecule has 0 unspecified atom stereocenters. The highest BCUT2D eigenvalue weighted by Crippen LogP contribution is 2.28. The van der Waals surface area contributed by atoms with Gasteiger partial charge in [-0.05, 0) is 36.8 Å². The molecule has 1 aliphatic rings. The summed E-state index contributed by atoms with van der Waals surface area (Å²) in [5.74, 6) is 0.991. The molecule has 0 spiro atoms. The second kappa shape index (κ2) is 6.95. The van der Waals surface area contributed by atoms with E-state index in [-0.39, 0.29) is 16.7 Å². The quantitative estimate of drug-likeness (QED) is 0.679. The monoisotopic (exact) mass is 408 g/mol. The van der Waals surface area contributed by atoms with E-state index in [9.17, 15) is 8.42 Å². The fourth-order valence-electron chi connectivity index (χ4n) is 3.10. The second-order valence-electron chi connectivity index (χ2n) is 6.17. The van der Waals surface area contributed by atoms with Crippen LogP contribution < -0.4 is 14.4 Å². The van der Waals surface area contributed by atoms with E-state index in [1.165, 1.54) is 25.6 Å². The molecule has 1 saturated heterocycles. The molecule has 1 aromatic carbocycles. The fraction of sp³-hybridized carbons (Fsp3) is 0.312. The molecule has 27 heavy (non-hydrogen) atoms. The van der Waals surface area contributed by atoms with Gasteiger partial charge in [-0.15, -0.1) is 15.3 Å². The summed E-state index contributed by atoms with van der Waals surface area (Å²) in [7, 11) is -2.35. The Morgan fingerprint density at radius 1 is 1.30 bits per heavy atom. The number of anilines is 1. The zero-order valence-electron chi connectivity index (χ0n) is 14.4. The summed E-state index contributed by atoms with van der Waals surface area (Å²) < 4.78 is 35.1. The summed E-state index contributed by atoms with van der Waals surface area (Å²) in [4.78, 5) is 2.04. The maximum absolute atomic E-state index is 12.8. The summed E-state index contributed by atoms with van der Waals surface area (Å²) in [5, 5.41) is 12.5. The highest BCUT2D eigenvalue weighted by atomic mass is 35.5. The minimum absolute atomic E-state index is 0.0278. The molecule has 3 aromatic rings. The highest BCUT2D eigenvalue weighted by molar-refractivity contribution is 7.89. The molecule has 0 bridgehead atoms. The van der Waals surface area contributed by atoms with Crippen molar-refractivity contribution in [1.29, 1.82) is 0 Å². The summed E-state index contributed by atoms with van der Waals surface area (Å²) >= 11 is 5.96. The third-order valence-electron chi connectivity index (χ3n) is 4.40. The Balaban J connectivity index is 1.51. The van der Waals surface area contributed by atoms with Crippen LogP contribution in [0.1, 0.15) is 6.42 Å². The molecule has 2 aromatic heterocycles. The van der Waals surface area contributed by atoms with Crippen LogP contribution in [0.15, 0.2) is 41.6 Å². The average molecular weight is 409 g/mol. The van der Waals surface area contributed by atoms with Crippen LogP contribution in [0.2, 0.25) is 5.02 Å². The minimum Gasteiger partial charge on any atom is -0.495 e. The van der Waals surface area contributed by atoms with Crippen molar-refractivity contribution in [2.75, 3.05) is 25.1 Å². The van der Waals surface area contributed by atoms with Crippen molar-refractivity contribution in [3.05, 3.63) is 41.7 Å². The van der Waals surface area contributed by atoms with Gasteiger partial charge < -0.3 is 9.64 Å². The van der Waals surface area contributed by atoms with E-state index in [4.69, 9.17) is 16.3 Å². The normalized spacial score (nSPS) is 17.6. The summed E-state index contributed by atoms with van der Waals surface area (Å²) in [6.45, 7) is 1.18. The first-order valence-corrected chi connectivity index (χ1v) is 10.1. The second-order valence-corrected chi connectivity index (χ2v) is 8.29. The Labute approximate surface area is 161 Å².